The molecule has 0 aliphatic rings. The largest absolute Gasteiger partial charge is 0.394 e. The normalized spacial score (nSPS) is 21.1. The molecule has 0 radical (unpaired) electrons. The molecule has 0 aliphatic heterocycles. The lowest BCUT2D eigenvalue weighted by atomic mass is 10.0. The van der Waals surface area contributed by atoms with E-state index in [-0.39, 0.29) is 6.29 Å². The number of rotatable bonds is 5. The zero-order valence-corrected chi connectivity index (χ0v) is 6.24. The van der Waals surface area contributed by atoms with Crippen LogP contribution < -0.4 is 0 Å². The number of carbonyl (C=O) groups is 1. The molecule has 4 atom stereocenters. The van der Waals surface area contributed by atoms with Gasteiger partial charge in [0.2, 0.25) is 0 Å². The summed E-state index contributed by atoms with van der Waals surface area (Å²) in [7, 11) is 0. The summed E-state index contributed by atoms with van der Waals surface area (Å²) in [5.74, 6) is 0. The first-order valence-electron chi connectivity index (χ1n) is 3.33. The maximum atomic E-state index is 9.90. The SMILES string of the molecule is OC[C@@H](O)[C@@H](O)[C@H](O)[C@H](O)C=[18O]. The Morgan fingerprint density at radius 1 is 1.08 bits per heavy atom. The average molecular weight is 182 g/mol. The second-order valence-electron chi connectivity index (χ2n) is 2.36. The molecule has 0 rings (SSSR count). The van der Waals surface area contributed by atoms with Gasteiger partial charge in [-0.2, -0.15) is 0 Å². The van der Waals surface area contributed by atoms with Gasteiger partial charge in [0, 0.05) is 0 Å². The lowest BCUT2D eigenvalue weighted by Gasteiger charge is -2.22. The molecular formula is C6H12O6. The Labute approximate surface area is 68.7 Å². The van der Waals surface area contributed by atoms with E-state index in [2.05, 4.69) is 0 Å². The molecule has 0 amide bonds. The zero-order chi connectivity index (χ0) is 9.72. The third-order valence-corrected chi connectivity index (χ3v) is 1.42. The third-order valence-electron chi connectivity index (χ3n) is 1.42. The van der Waals surface area contributed by atoms with E-state index in [9.17, 15) is 4.79 Å². The van der Waals surface area contributed by atoms with Crippen molar-refractivity contribution in [1.82, 2.24) is 0 Å². The Kier molecular flexibility index (Phi) is 4.95. The molecule has 0 aromatic carbocycles. The van der Waals surface area contributed by atoms with Gasteiger partial charge in [0.05, 0.1) is 6.61 Å². The van der Waals surface area contributed by atoms with E-state index < -0.39 is 31.0 Å². The van der Waals surface area contributed by atoms with E-state index in [0.717, 1.165) is 0 Å². The summed E-state index contributed by atoms with van der Waals surface area (Å²) < 4.78 is 0. The number of aliphatic hydroxyl groups is 5. The molecular weight excluding hydrogens is 170 g/mol. The highest BCUT2D eigenvalue weighted by atomic mass is 18.1. The molecule has 5 N–H and O–H groups in total. The van der Waals surface area contributed by atoms with Gasteiger partial charge in [0.1, 0.15) is 24.4 Å². The predicted molar refractivity (Wildman–Crippen MR) is 37.2 cm³/mol. The van der Waals surface area contributed by atoms with Gasteiger partial charge >= 0.3 is 0 Å². The van der Waals surface area contributed by atoms with Crippen LogP contribution >= 0.6 is 0 Å². The summed E-state index contributed by atoms with van der Waals surface area (Å²) in [4.78, 5) is 9.90. The first-order valence-corrected chi connectivity index (χ1v) is 3.33. The lowest BCUT2D eigenvalue weighted by Crippen LogP contribution is -2.46. The van der Waals surface area contributed by atoms with E-state index in [1.165, 1.54) is 0 Å². The Morgan fingerprint density at radius 2 is 1.58 bits per heavy atom. The van der Waals surface area contributed by atoms with Crippen molar-refractivity contribution >= 4 is 6.29 Å². The summed E-state index contributed by atoms with van der Waals surface area (Å²) in [6.45, 7) is -0.760. The number of hydrogen-bond donors (Lipinski definition) is 5. The van der Waals surface area contributed by atoms with Gasteiger partial charge in [-0.25, -0.2) is 0 Å². The summed E-state index contributed by atoms with van der Waals surface area (Å²) in [6.07, 6.45) is -6.84. The predicted octanol–water partition coefficient (Wildman–Crippen LogP) is -3.38. The topological polar surface area (TPSA) is 118 Å². The molecule has 0 fully saturated rings. The fraction of sp³-hybridized carbons (Fsp3) is 0.833. The molecule has 6 heteroatoms. The highest BCUT2D eigenvalue weighted by molar-refractivity contribution is 5.56. The molecule has 0 aliphatic carbocycles. The first kappa shape index (κ1) is 11.5. The second-order valence-corrected chi connectivity index (χ2v) is 2.36. The molecule has 0 aromatic heterocycles. The van der Waals surface area contributed by atoms with Crippen molar-refractivity contribution in [2.75, 3.05) is 6.61 Å². The Balaban J connectivity index is 4.07. The first-order chi connectivity index (χ1) is 5.54. The smallest absolute Gasteiger partial charge is 0.151 e. The lowest BCUT2D eigenvalue weighted by molar-refractivity contribution is -0.136. The summed E-state index contributed by atoms with van der Waals surface area (Å²) in [5, 5.41) is 43.5. The van der Waals surface area contributed by atoms with Gasteiger partial charge in [-0.3, -0.25) is 0 Å². The standard InChI is InChI=1S/C6H12O6/c7-1-3(9)5(11)6(12)4(10)2-8/h1,3-6,8-12H,2H2/t3-,4-,5-,6-/m1/s1/i7+2. The van der Waals surface area contributed by atoms with Crippen LogP contribution in [0, 0.1) is 0 Å². The Bertz CT molecular complexity index is 138. The van der Waals surface area contributed by atoms with Crippen LogP contribution in [0.5, 0.6) is 0 Å². The molecule has 0 heterocycles. The van der Waals surface area contributed by atoms with Crippen LogP contribution in [0.15, 0.2) is 0 Å². The molecule has 6 nitrogen and oxygen atoms in total. The van der Waals surface area contributed by atoms with Crippen LogP contribution in [0.1, 0.15) is 0 Å². The van der Waals surface area contributed by atoms with Crippen molar-refractivity contribution < 1.29 is 30.3 Å². The van der Waals surface area contributed by atoms with Crippen molar-refractivity contribution in [2.24, 2.45) is 0 Å². The number of aliphatic hydroxyl groups excluding tert-OH is 5. The molecule has 72 valence electrons. The van der Waals surface area contributed by atoms with Gasteiger partial charge in [-0.05, 0) is 0 Å². The Hall–Kier alpha value is -0.530. The molecule has 0 saturated carbocycles. The maximum absolute atomic E-state index is 9.90. The molecule has 0 aromatic rings. The minimum atomic E-state index is -1.79. The fourth-order valence-corrected chi connectivity index (χ4v) is 0.618. The average Bonchev–Trinajstić information content (AvgIpc) is 2.12. The molecule has 0 bridgehead atoms. The fourth-order valence-electron chi connectivity index (χ4n) is 0.618. The molecule has 0 unspecified atom stereocenters. The van der Waals surface area contributed by atoms with Gasteiger partial charge < -0.3 is 30.3 Å². The Morgan fingerprint density at radius 3 is 1.92 bits per heavy atom. The zero-order valence-electron chi connectivity index (χ0n) is 6.24. The molecule has 0 spiro atoms. The number of carbonyl (C=O) groups excluding carboxylic acids is 1. The number of aldehydes is 1. The van der Waals surface area contributed by atoms with E-state index >= 15 is 0 Å². The minimum absolute atomic E-state index is 0.0258. The van der Waals surface area contributed by atoms with Crippen molar-refractivity contribution in [1.29, 1.82) is 0 Å². The van der Waals surface area contributed by atoms with Crippen LogP contribution in [0.4, 0.5) is 0 Å². The van der Waals surface area contributed by atoms with E-state index in [1.54, 1.807) is 0 Å². The van der Waals surface area contributed by atoms with Crippen LogP contribution in [-0.2, 0) is 4.79 Å². The minimum Gasteiger partial charge on any atom is -0.394 e. The van der Waals surface area contributed by atoms with E-state index in [4.69, 9.17) is 25.5 Å². The van der Waals surface area contributed by atoms with Crippen molar-refractivity contribution in [2.45, 2.75) is 24.4 Å². The van der Waals surface area contributed by atoms with E-state index in [1.807, 2.05) is 0 Å². The van der Waals surface area contributed by atoms with Crippen LogP contribution in [0.2, 0.25) is 0 Å². The van der Waals surface area contributed by atoms with Crippen LogP contribution in [0.25, 0.3) is 0 Å². The van der Waals surface area contributed by atoms with E-state index in [0.29, 0.717) is 0 Å². The monoisotopic (exact) mass is 182 g/mol. The highest BCUT2D eigenvalue weighted by Crippen LogP contribution is 2.02. The van der Waals surface area contributed by atoms with Crippen molar-refractivity contribution in [3.8, 4) is 0 Å². The summed E-state index contributed by atoms with van der Waals surface area (Å²) >= 11 is 0. The summed E-state index contributed by atoms with van der Waals surface area (Å²) in [6, 6.07) is 0. The second kappa shape index (κ2) is 5.18. The van der Waals surface area contributed by atoms with Crippen molar-refractivity contribution in [3.05, 3.63) is 0 Å². The highest BCUT2D eigenvalue weighted by Gasteiger charge is 2.29. The summed E-state index contributed by atoms with van der Waals surface area (Å²) in [5.41, 5.74) is 0. The van der Waals surface area contributed by atoms with Crippen LogP contribution in [0.3, 0.4) is 0 Å². The molecule has 0 saturated heterocycles. The number of hydrogen-bond acceptors (Lipinski definition) is 6. The maximum Gasteiger partial charge on any atom is 0.151 e. The van der Waals surface area contributed by atoms with Gasteiger partial charge in [0.25, 0.3) is 0 Å². The van der Waals surface area contributed by atoms with Gasteiger partial charge in [-0.15, -0.1) is 0 Å². The third kappa shape index (κ3) is 2.84. The quantitative estimate of drug-likeness (QED) is 0.223. The van der Waals surface area contributed by atoms with Crippen molar-refractivity contribution in [3.63, 3.8) is 0 Å². The van der Waals surface area contributed by atoms with Gasteiger partial charge in [0.15, 0.2) is 6.29 Å². The molecule has 12 heavy (non-hydrogen) atoms. The van der Waals surface area contributed by atoms with Gasteiger partial charge in [-0.1, -0.05) is 0 Å². The van der Waals surface area contributed by atoms with Crippen LogP contribution in [-0.4, -0.2) is 62.8 Å².